The number of hydrogen-bond acceptors (Lipinski definition) is 2. The molecule has 0 aliphatic carbocycles. The van der Waals surface area contributed by atoms with Crippen LogP contribution >= 0.6 is 0 Å². The lowest BCUT2D eigenvalue weighted by atomic mass is 10.1. The maximum absolute atomic E-state index is 5.81. The molecule has 0 saturated carbocycles. The Labute approximate surface area is 105 Å². The minimum absolute atomic E-state index is 0.799. The van der Waals surface area contributed by atoms with Crippen molar-refractivity contribution in [1.29, 1.82) is 0 Å². The number of aromatic nitrogens is 1. The highest BCUT2D eigenvalue weighted by atomic mass is 14.7. The average molecular weight is 232 g/mol. The fourth-order valence-corrected chi connectivity index (χ4v) is 1.44. The number of benzene rings is 1. The predicted octanol–water partition coefficient (Wildman–Crippen LogP) is 4.43. The van der Waals surface area contributed by atoms with Crippen molar-refractivity contribution in [1.82, 2.24) is 4.98 Å². The minimum atomic E-state index is 0.799. The summed E-state index contributed by atoms with van der Waals surface area (Å²) in [6.07, 6.45) is 2.78. The van der Waals surface area contributed by atoms with Gasteiger partial charge in [-0.2, -0.15) is 0 Å². The van der Waals surface area contributed by atoms with E-state index in [1.54, 1.807) is 6.20 Å². The lowest BCUT2D eigenvalue weighted by Crippen LogP contribution is -1.89. The van der Waals surface area contributed by atoms with Crippen LogP contribution in [0, 0.1) is 0 Å². The molecule has 1 aromatic heterocycles. The molecule has 0 saturated heterocycles. The molecule has 94 valence electrons. The van der Waals surface area contributed by atoms with E-state index in [1.165, 1.54) is 5.56 Å². The summed E-state index contributed by atoms with van der Waals surface area (Å²) in [7, 11) is 0. The van der Waals surface area contributed by atoms with Gasteiger partial charge in [-0.25, -0.2) is 0 Å². The Hall–Kier alpha value is -1.57. The molecule has 1 heterocycles. The van der Waals surface area contributed by atoms with Crippen LogP contribution < -0.4 is 5.73 Å². The van der Waals surface area contributed by atoms with Crippen LogP contribution in [-0.2, 0) is 6.42 Å². The van der Waals surface area contributed by atoms with E-state index in [0.717, 1.165) is 23.0 Å². The van der Waals surface area contributed by atoms with Gasteiger partial charge in [-0.3, -0.25) is 4.98 Å². The quantitative estimate of drug-likeness (QED) is 0.789. The number of nitrogens with two attached hydrogens (primary N) is 1. The molecule has 0 radical (unpaired) electrons. The van der Waals surface area contributed by atoms with E-state index in [9.17, 15) is 0 Å². The molecular weight excluding hydrogens is 208 g/mol. The van der Waals surface area contributed by atoms with E-state index in [-0.39, 0.29) is 0 Å². The van der Waals surface area contributed by atoms with Gasteiger partial charge in [-0.1, -0.05) is 46.8 Å². The first kappa shape index (κ1) is 15.4. The Bertz CT molecular complexity index is 436. The van der Waals surface area contributed by atoms with Crippen LogP contribution in [0.2, 0.25) is 0 Å². The monoisotopic (exact) mass is 232 g/mol. The molecule has 0 aliphatic rings. The fourth-order valence-electron chi connectivity index (χ4n) is 1.44. The first-order valence-electron chi connectivity index (χ1n) is 6.44. The van der Waals surface area contributed by atoms with Gasteiger partial charge in [0, 0.05) is 17.3 Å². The highest BCUT2D eigenvalue weighted by Crippen LogP contribution is 2.19. The summed E-state index contributed by atoms with van der Waals surface area (Å²) in [5, 5.41) is 1.04. The van der Waals surface area contributed by atoms with Gasteiger partial charge in [-0.15, -0.1) is 0 Å². The molecule has 0 aliphatic heterocycles. The number of aryl methyl sites for hydroxylation is 1. The van der Waals surface area contributed by atoms with Crippen LogP contribution in [0.5, 0.6) is 0 Å². The highest BCUT2D eigenvalue weighted by Gasteiger charge is 1.98. The van der Waals surface area contributed by atoms with E-state index in [0.29, 0.717) is 0 Å². The molecule has 0 amide bonds. The maximum Gasteiger partial charge on any atom is 0.0725 e. The summed E-state index contributed by atoms with van der Waals surface area (Å²) in [6.45, 7) is 10.1. The maximum atomic E-state index is 5.81. The summed E-state index contributed by atoms with van der Waals surface area (Å²) in [5.74, 6) is 0. The van der Waals surface area contributed by atoms with Gasteiger partial charge in [0.15, 0.2) is 0 Å². The third kappa shape index (κ3) is 4.06. The van der Waals surface area contributed by atoms with Gasteiger partial charge in [0.1, 0.15) is 0 Å². The summed E-state index contributed by atoms with van der Waals surface area (Å²) in [6, 6.07) is 8.05. The van der Waals surface area contributed by atoms with Crippen molar-refractivity contribution in [2.45, 2.75) is 41.0 Å². The van der Waals surface area contributed by atoms with Crippen LogP contribution in [0.3, 0.4) is 0 Å². The van der Waals surface area contributed by atoms with E-state index >= 15 is 0 Å². The van der Waals surface area contributed by atoms with Crippen molar-refractivity contribution in [2.75, 3.05) is 5.73 Å². The largest absolute Gasteiger partial charge is 0.398 e. The molecule has 2 nitrogen and oxygen atoms in total. The Morgan fingerprint density at radius 3 is 2.29 bits per heavy atom. The molecule has 0 fully saturated rings. The number of anilines is 1. The lowest BCUT2D eigenvalue weighted by Gasteiger charge is -2.02. The van der Waals surface area contributed by atoms with E-state index in [1.807, 2.05) is 39.8 Å². The summed E-state index contributed by atoms with van der Waals surface area (Å²) in [5.41, 5.74) is 8.89. The zero-order valence-electron chi connectivity index (χ0n) is 11.6. The smallest absolute Gasteiger partial charge is 0.0725 e. The Morgan fingerprint density at radius 2 is 1.71 bits per heavy atom. The summed E-state index contributed by atoms with van der Waals surface area (Å²) in [4.78, 5) is 4.27. The minimum Gasteiger partial charge on any atom is -0.398 e. The van der Waals surface area contributed by atoms with Crippen LogP contribution in [0.25, 0.3) is 10.9 Å². The molecule has 1 aromatic carbocycles. The van der Waals surface area contributed by atoms with Gasteiger partial charge in [0.05, 0.1) is 5.52 Å². The zero-order chi connectivity index (χ0) is 13.3. The molecule has 2 aromatic rings. The Kier molecular flexibility index (Phi) is 7.78. The third-order valence-electron chi connectivity index (χ3n) is 2.25. The van der Waals surface area contributed by atoms with Crippen molar-refractivity contribution >= 4 is 16.6 Å². The van der Waals surface area contributed by atoms with Gasteiger partial charge < -0.3 is 5.73 Å². The van der Waals surface area contributed by atoms with Crippen molar-refractivity contribution in [3.05, 3.63) is 36.0 Å². The second-order valence-electron chi connectivity index (χ2n) is 3.11. The fraction of sp³-hybridized carbons (Fsp3) is 0.400. The SMILES string of the molecule is CC.CC.CCc1ccc2c(N)ccnc2c1. The van der Waals surface area contributed by atoms with Crippen LogP contribution in [-0.4, -0.2) is 4.98 Å². The number of nitrogen functional groups attached to an aromatic ring is 1. The first-order chi connectivity index (χ1) is 8.31. The number of fused-ring (bicyclic) bond motifs is 1. The topological polar surface area (TPSA) is 38.9 Å². The van der Waals surface area contributed by atoms with Crippen LogP contribution in [0.1, 0.15) is 40.2 Å². The zero-order valence-corrected chi connectivity index (χ0v) is 11.6. The van der Waals surface area contributed by atoms with E-state index in [2.05, 4.69) is 24.0 Å². The number of rotatable bonds is 1. The van der Waals surface area contributed by atoms with Gasteiger partial charge in [0.25, 0.3) is 0 Å². The molecule has 2 rings (SSSR count). The normalized spacial score (nSPS) is 8.76. The molecule has 17 heavy (non-hydrogen) atoms. The summed E-state index contributed by atoms with van der Waals surface area (Å²) >= 11 is 0. The highest BCUT2D eigenvalue weighted by molar-refractivity contribution is 5.90. The average Bonchev–Trinajstić information content (AvgIpc) is 2.43. The number of pyridine rings is 1. The second-order valence-corrected chi connectivity index (χ2v) is 3.11. The molecule has 0 unspecified atom stereocenters. The molecule has 0 bridgehead atoms. The van der Waals surface area contributed by atoms with E-state index < -0.39 is 0 Å². The van der Waals surface area contributed by atoms with Crippen LogP contribution in [0.15, 0.2) is 30.5 Å². The van der Waals surface area contributed by atoms with Crippen molar-refractivity contribution < 1.29 is 0 Å². The second kappa shape index (κ2) is 8.57. The first-order valence-corrected chi connectivity index (χ1v) is 6.44. The van der Waals surface area contributed by atoms with Crippen molar-refractivity contribution in [3.8, 4) is 0 Å². The molecule has 2 heteroatoms. The predicted molar refractivity (Wildman–Crippen MR) is 78.2 cm³/mol. The number of hydrogen-bond donors (Lipinski definition) is 1. The Morgan fingerprint density at radius 1 is 1.06 bits per heavy atom. The lowest BCUT2D eigenvalue weighted by molar-refractivity contribution is 1.14. The van der Waals surface area contributed by atoms with Gasteiger partial charge in [-0.05, 0) is 24.1 Å². The van der Waals surface area contributed by atoms with Gasteiger partial charge >= 0.3 is 0 Å². The van der Waals surface area contributed by atoms with Crippen LogP contribution in [0.4, 0.5) is 5.69 Å². The molecule has 0 atom stereocenters. The van der Waals surface area contributed by atoms with Crippen molar-refractivity contribution in [3.63, 3.8) is 0 Å². The third-order valence-corrected chi connectivity index (χ3v) is 2.25. The van der Waals surface area contributed by atoms with Gasteiger partial charge in [0.2, 0.25) is 0 Å². The molecule has 2 N–H and O–H groups in total. The van der Waals surface area contributed by atoms with Crippen molar-refractivity contribution in [2.24, 2.45) is 0 Å². The standard InChI is InChI=1S/C11H12N2.2C2H6/c1-2-8-3-4-9-10(12)5-6-13-11(9)7-8;2*1-2/h3-7H,2H2,1H3,(H2,12,13);2*1-2H3. The Balaban J connectivity index is 0.000000581. The molecule has 0 spiro atoms. The number of nitrogens with zero attached hydrogens (tertiary/aromatic N) is 1. The molecular formula is C15H24N2. The van der Waals surface area contributed by atoms with E-state index in [4.69, 9.17) is 5.73 Å². The summed E-state index contributed by atoms with van der Waals surface area (Å²) < 4.78 is 0.